The summed E-state index contributed by atoms with van der Waals surface area (Å²) in [6.07, 6.45) is 13.2. The van der Waals surface area contributed by atoms with Gasteiger partial charge in [-0.1, -0.05) is 34.6 Å². The van der Waals surface area contributed by atoms with Crippen molar-refractivity contribution in [1.29, 1.82) is 0 Å². The minimum absolute atomic E-state index is 0.0934. The third kappa shape index (κ3) is 5.58. The minimum Gasteiger partial charge on any atom is -0.480 e. The number of rotatable bonds is 8. The van der Waals surface area contributed by atoms with Crippen molar-refractivity contribution in [2.45, 2.75) is 136 Å². The van der Waals surface area contributed by atoms with Crippen LogP contribution in [0.2, 0.25) is 0 Å². The van der Waals surface area contributed by atoms with Gasteiger partial charge in [-0.3, -0.25) is 9.59 Å². The number of carbonyl (C=O) groups is 3. The van der Waals surface area contributed by atoms with Gasteiger partial charge in [0.15, 0.2) is 0 Å². The number of hydrogen-bond donors (Lipinski definition) is 3. The molecule has 2 amide bonds. The zero-order valence-corrected chi connectivity index (χ0v) is 26.2. The van der Waals surface area contributed by atoms with Crippen LogP contribution in [0.3, 0.4) is 0 Å². The highest BCUT2D eigenvalue weighted by Crippen LogP contribution is 2.68. The van der Waals surface area contributed by atoms with Crippen LogP contribution in [0.25, 0.3) is 0 Å². The van der Waals surface area contributed by atoms with E-state index in [2.05, 4.69) is 26.1 Å². The first-order valence-electron chi connectivity index (χ1n) is 16.9. The lowest BCUT2D eigenvalue weighted by Crippen LogP contribution is -2.54. The molecule has 7 nitrogen and oxygen atoms in total. The summed E-state index contributed by atoms with van der Waals surface area (Å²) in [5, 5.41) is 22.9. The van der Waals surface area contributed by atoms with Gasteiger partial charge in [-0.2, -0.15) is 0 Å². The number of likely N-dealkylation sites (tertiary alicyclic amines) is 1. The second kappa shape index (κ2) is 11.8. The van der Waals surface area contributed by atoms with E-state index in [1.54, 1.807) is 0 Å². The van der Waals surface area contributed by atoms with Crippen molar-refractivity contribution < 1.29 is 24.6 Å². The summed E-state index contributed by atoms with van der Waals surface area (Å²) in [7, 11) is 0. The summed E-state index contributed by atoms with van der Waals surface area (Å²) in [4.78, 5) is 39.5. The van der Waals surface area contributed by atoms with Crippen LogP contribution in [0, 0.1) is 52.3 Å². The van der Waals surface area contributed by atoms with Gasteiger partial charge in [-0.05, 0) is 129 Å². The largest absolute Gasteiger partial charge is 0.480 e. The summed E-state index contributed by atoms with van der Waals surface area (Å²) < 4.78 is 0. The van der Waals surface area contributed by atoms with Crippen molar-refractivity contribution in [2.75, 3.05) is 6.54 Å². The molecule has 0 aromatic rings. The maximum Gasteiger partial charge on any atom is 0.326 e. The van der Waals surface area contributed by atoms with Gasteiger partial charge >= 0.3 is 5.97 Å². The average Bonchev–Trinajstić information content (AvgIpc) is 3.55. The Morgan fingerprint density at radius 2 is 1.63 bits per heavy atom. The van der Waals surface area contributed by atoms with Gasteiger partial charge in [-0.15, -0.1) is 0 Å². The molecule has 0 spiro atoms. The molecule has 1 unspecified atom stereocenters. The molecule has 1 heterocycles. The van der Waals surface area contributed by atoms with E-state index in [9.17, 15) is 24.6 Å². The Balaban J connectivity index is 1.18. The number of fused-ring (bicyclic) bond motifs is 5. The minimum atomic E-state index is -0.962. The van der Waals surface area contributed by atoms with E-state index in [1.165, 1.54) is 49.8 Å². The molecule has 4 aliphatic carbocycles. The molecule has 1 saturated heterocycles. The molecule has 0 bridgehead atoms. The third-order valence-corrected chi connectivity index (χ3v) is 13.3. The number of carboxylic acid groups (broad SMARTS) is 1. The van der Waals surface area contributed by atoms with Crippen molar-refractivity contribution in [3.63, 3.8) is 0 Å². The van der Waals surface area contributed by atoms with E-state index in [-0.39, 0.29) is 23.8 Å². The Morgan fingerprint density at radius 3 is 2.34 bits per heavy atom. The Labute approximate surface area is 247 Å². The first kappa shape index (κ1) is 30.8. The van der Waals surface area contributed by atoms with Gasteiger partial charge < -0.3 is 20.4 Å². The fourth-order valence-electron chi connectivity index (χ4n) is 11.0. The Hall–Kier alpha value is -1.63. The lowest BCUT2D eigenvalue weighted by molar-refractivity contribution is -0.150. The van der Waals surface area contributed by atoms with Gasteiger partial charge in [0.1, 0.15) is 12.1 Å². The normalized spacial score (nSPS) is 41.7. The zero-order valence-electron chi connectivity index (χ0n) is 26.2. The number of carbonyl (C=O) groups excluding carboxylic acids is 2. The third-order valence-electron chi connectivity index (χ3n) is 13.3. The average molecular weight is 573 g/mol. The summed E-state index contributed by atoms with van der Waals surface area (Å²) >= 11 is 0. The van der Waals surface area contributed by atoms with Crippen LogP contribution < -0.4 is 5.32 Å². The molecule has 4 saturated carbocycles. The molecule has 1 aliphatic heterocycles. The first-order chi connectivity index (χ1) is 19.4. The predicted molar refractivity (Wildman–Crippen MR) is 159 cm³/mol. The van der Waals surface area contributed by atoms with Gasteiger partial charge in [0.05, 0.1) is 6.10 Å². The van der Waals surface area contributed by atoms with Crippen molar-refractivity contribution >= 4 is 17.8 Å². The fourth-order valence-corrected chi connectivity index (χ4v) is 11.0. The summed E-state index contributed by atoms with van der Waals surface area (Å²) in [6, 6.07) is -1.46. The highest BCUT2D eigenvalue weighted by molar-refractivity contribution is 5.91. The topological polar surface area (TPSA) is 107 Å². The highest BCUT2D eigenvalue weighted by atomic mass is 16.4. The lowest BCUT2D eigenvalue weighted by Gasteiger charge is -2.61. The van der Waals surface area contributed by atoms with Crippen molar-refractivity contribution in [3.05, 3.63) is 0 Å². The Bertz CT molecular complexity index is 1000. The van der Waals surface area contributed by atoms with Gasteiger partial charge in [-0.25, -0.2) is 4.79 Å². The number of carboxylic acids is 1. The first-order valence-corrected chi connectivity index (χ1v) is 16.9. The van der Waals surface area contributed by atoms with Gasteiger partial charge in [0.2, 0.25) is 11.8 Å². The molecule has 11 atom stereocenters. The van der Waals surface area contributed by atoms with E-state index in [1.807, 2.05) is 13.8 Å². The second-order valence-electron chi connectivity index (χ2n) is 15.6. The van der Waals surface area contributed by atoms with E-state index < -0.39 is 18.1 Å². The number of nitrogens with zero attached hydrogens (tertiary/aromatic N) is 1. The van der Waals surface area contributed by atoms with E-state index in [4.69, 9.17) is 0 Å². The lowest BCUT2D eigenvalue weighted by atomic mass is 9.44. The monoisotopic (exact) mass is 572 g/mol. The molecule has 41 heavy (non-hydrogen) atoms. The number of aliphatic hydroxyl groups excluding tert-OH is 1. The maximum atomic E-state index is 13.3. The number of nitrogens with one attached hydrogen (secondary N) is 1. The van der Waals surface area contributed by atoms with Crippen LogP contribution in [0.15, 0.2) is 0 Å². The molecule has 3 N–H and O–H groups in total. The van der Waals surface area contributed by atoms with Crippen LogP contribution in [-0.4, -0.2) is 57.6 Å². The molecule has 5 rings (SSSR count). The Kier molecular flexibility index (Phi) is 8.87. The standard InChI is InChI=1S/C34H56N2O5/c1-20(2)30(31(39)36-18-6-7-28(36)32(40)41)35-29(38)13-8-21(3)25-11-12-26-24-10-9-22-19-23(37)14-16-33(22,4)27(24)15-17-34(25,26)5/h20-28,30,37H,6-19H2,1-5H3,(H,35,38)(H,40,41)/t21-,22-,23-,24+,25-,26+,27+,28?,30+,33+,34-/m1/s1. The molecule has 5 aliphatic rings. The number of aliphatic carboxylic acids is 1. The van der Waals surface area contributed by atoms with E-state index in [0.29, 0.717) is 54.4 Å². The maximum absolute atomic E-state index is 13.3. The van der Waals surface area contributed by atoms with Crippen molar-refractivity contribution in [3.8, 4) is 0 Å². The van der Waals surface area contributed by atoms with Crippen LogP contribution in [0.1, 0.15) is 118 Å². The second-order valence-corrected chi connectivity index (χ2v) is 15.6. The number of aliphatic hydroxyl groups is 1. The quantitative estimate of drug-likeness (QED) is 0.349. The van der Waals surface area contributed by atoms with Crippen LogP contribution in [-0.2, 0) is 14.4 Å². The molecule has 0 aromatic heterocycles. The highest BCUT2D eigenvalue weighted by Gasteiger charge is 2.60. The van der Waals surface area contributed by atoms with E-state index >= 15 is 0 Å². The smallest absolute Gasteiger partial charge is 0.326 e. The summed E-state index contributed by atoms with van der Waals surface area (Å²) in [5.41, 5.74) is 0.738. The van der Waals surface area contributed by atoms with Crippen LogP contribution >= 0.6 is 0 Å². The molecular formula is C34H56N2O5. The summed E-state index contributed by atoms with van der Waals surface area (Å²) in [5.74, 6) is 2.73. The SMILES string of the molecule is CC(C)[C@H](NC(=O)CC[C@@H](C)[C@H]1CC[C@H]2[C@@H]3CC[C@@H]4C[C@H](O)CC[C@]4(C)[C@H]3CC[C@]12C)C(=O)N1CCCC1C(=O)O. The predicted octanol–water partition coefficient (Wildman–Crippen LogP) is 5.64. The van der Waals surface area contributed by atoms with Crippen molar-refractivity contribution in [2.24, 2.45) is 52.3 Å². The fraction of sp³-hybridized carbons (Fsp3) is 0.912. The summed E-state index contributed by atoms with van der Waals surface area (Å²) in [6.45, 7) is 11.7. The number of amides is 2. The van der Waals surface area contributed by atoms with Gasteiger partial charge in [0.25, 0.3) is 0 Å². The molecule has 0 aromatic carbocycles. The molecule has 7 heteroatoms. The zero-order chi connectivity index (χ0) is 29.7. The molecule has 5 fully saturated rings. The molecule has 232 valence electrons. The van der Waals surface area contributed by atoms with Crippen LogP contribution in [0.5, 0.6) is 0 Å². The molecule has 0 radical (unpaired) electrons. The molecular weight excluding hydrogens is 516 g/mol. The van der Waals surface area contributed by atoms with E-state index in [0.717, 1.165) is 37.0 Å². The van der Waals surface area contributed by atoms with Crippen molar-refractivity contribution in [1.82, 2.24) is 10.2 Å². The number of hydrogen-bond acceptors (Lipinski definition) is 4. The van der Waals surface area contributed by atoms with Crippen LogP contribution in [0.4, 0.5) is 0 Å². The van der Waals surface area contributed by atoms with Gasteiger partial charge in [0, 0.05) is 13.0 Å². The Morgan fingerprint density at radius 1 is 0.927 bits per heavy atom.